The van der Waals surface area contributed by atoms with Gasteiger partial charge in [-0.15, -0.1) is 0 Å². The first-order chi connectivity index (χ1) is 13.3. The van der Waals surface area contributed by atoms with Gasteiger partial charge in [0.1, 0.15) is 5.82 Å². The first-order valence-electron chi connectivity index (χ1n) is 8.81. The molecule has 0 bridgehead atoms. The highest BCUT2D eigenvalue weighted by atomic mass is 19.1. The van der Waals surface area contributed by atoms with Crippen LogP contribution in [0.25, 0.3) is 11.0 Å². The van der Waals surface area contributed by atoms with Crippen LogP contribution in [0.4, 0.5) is 4.39 Å². The van der Waals surface area contributed by atoms with Crippen LogP contribution in [-0.4, -0.2) is 27.9 Å². The molecule has 0 fully saturated rings. The number of carbonyl (C=O) groups excluding carboxylic acids is 2. The number of aryl methyl sites for hydroxylation is 2. The quantitative estimate of drug-likeness (QED) is 0.686. The van der Waals surface area contributed by atoms with E-state index in [-0.39, 0.29) is 12.4 Å². The molecule has 7 heteroatoms. The molecular formula is C21H20FN3O3. The van der Waals surface area contributed by atoms with Gasteiger partial charge < -0.3 is 10.1 Å². The summed E-state index contributed by atoms with van der Waals surface area (Å²) in [6.07, 6.45) is -0.977. The number of hydrogen-bond donors (Lipinski definition) is 1. The number of nitrogens with zero attached hydrogens (tertiary/aromatic N) is 2. The normalized spacial score (nSPS) is 11.9. The molecule has 28 heavy (non-hydrogen) atoms. The molecule has 0 aliphatic heterocycles. The standard InChI is InChI=1S/C21H20FN3O3/c1-12-13(2)25-19-10-16(6-9-18(19)24-12)21(27)28-14(3)20(26)23-11-15-4-7-17(22)8-5-15/h4-10,14H,11H2,1-3H3,(H,23,26)/t14-/m0/s1. The summed E-state index contributed by atoms with van der Waals surface area (Å²) in [6, 6.07) is 10.7. The lowest BCUT2D eigenvalue weighted by molar-refractivity contribution is -0.129. The second-order valence-electron chi connectivity index (χ2n) is 6.49. The maximum atomic E-state index is 12.9. The molecule has 1 aromatic heterocycles. The predicted molar refractivity (Wildman–Crippen MR) is 102 cm³/mol. The Morgan fingerprint density at radius 1 is 1.04 bits per heavy atom. The summed E-state index contributed by atoms with van der Waals surface area (Å²) in [6.45, 7) is 5.42. The van der Waals surface area contributed by atoms with Crippen LogP contribution in [0.1, 0.15) is 34.2 Å². The molecule has 1 atom stereocenters. The van der Waals surface area contributed by atoms with Crippen molar-refractivity contribution >= 4 is 22.9 Å². The zero-order chi connectivity index (χ0) is 20.3. The van der Waals surface area contributed by atoms with Gasteiger partial charge in [0, 0.05) is 6.54 Å². The smallest absolute Gasteiger partial charge is 0.338 e. The SMILES string of the molecule is Cc1nc2ccc(C(=O)O[C@@H](C)C(=O)NCc3ccc(F)cc3)cc2nc1C. The van der Waals surface area contributed by atoms with E-state index in [1.165, 1.54) is 19.1 Å². The molecule has 0 radical (unpaired) electrons. The number of fused-ring (bicyclic) bond motifs is 1. The molecule has 0 aliphatic rings. The Bertz CT molecular complexity index is 1030. The Balaban J connectivity index is 1.62. The van der Waals surface area contributed by atoms with Crippen LogP contribution in [0.15, 0.2) is 42.5 Å². The lowest BCUT2D eigenvalue weighted by Gasteiger charge is -2.14. The largest absolute Gasteiger partial charge is 0.449 e. The van der Waals surface area contributed by atoms with E-state index in [2.05, 4.69) is 15.3 Å². The van der Waals surface area contributed by atoms with E-state index in [1.54, 1.807) is 30.3 Å². The molecular weight excluding hydrogens is 361 g/mol. The molecule has 3 rings (SSSR count). The Morgan fingerprint density at radius 3 is 2.36 bits per heavy atom. The maximum absolute atomic E-state index is 12.9. The highest BCUT2D eigenvalue weighted by molar-refractivity contribution is 5.95. The van der Waals surface area contributed by atoms with Crippen molar-refractivity contribution < 1.29 is 18.7 Å². The monoisotopic (exact) mass is 381 g/mol. The van der Waals surface area contributed by atoms with Crippen molar-refractivity contribution in [3.63, 3.8) is 0 Å². The molecule has 1 heterocycles. The third kappa shape index (κ3) is 4.49. The summed E-state index contributed by atoms with van der Waals surface area (Å²) in [5.41, 5.74) is 3.92. The van der Waals surface area contributed by atoms with E-state index in [4.69, 9.17) is 4.74 Å². The van der Waals surface area contributed by atoms with Gasteiger partial charge in [0.15, 0.2) is 6.10 Å². The zero-order valence-electron chi connectivity index (χ0n) is 15.8. The highest BCUT2D eigenvalue weighted by Crippen LogP contribution is 2.15. The third-order valence-corrected chi connectivity index (χ3v) is 4.34. The average molecular weight is 381 g/mol. The van der Waals surface area contributed by atoms with Gasteiger partial charge in [0.2, 0.25) is 0 Å². The van der Waals surface area contributed by atoms with Crippen LogP contribution >= 0.6 is 0 Å². The van der Waals surface area contributed by atoms with Crippen LogP contribution in [0.3, 0.4) is 0 Å². The summed E-state index contributed by atoms with van der Waals surface area (Å²) in [7, 11) is 0. The fourth-order valence-corrected chi connectivity index (χ4v) is 2.57. The number of ether oxygens (including phenoxy) is 1. The molecule has 0 saturated heterocycles. The Hall–Kier alpha value is -3.35. The Morgan fingerprint density at radius 2 is 1.68 bits per heavy atom. The van der Waals surface area contributed by atoms with Crippen LogP contribution in [-0.2, 0) is 16.1 Å². The Kier molecular flexibility index (Phi) is 5.63. The number of carbonyl (C=O) groups is 2. The fourth-order valence-electron chi connectivity index (χ4n) is 2.57. The number of rotatable bonds is 5. The van der Waals surface area contributed by atoms with Gasteiger partial charge in [0.25, 0.3) is 5.91 Å². The van der Waals surface area contributed by atoms with E-state index < -0.39 is 18.0 Å². The summed E-state index contributed by atoms with van der Waals surface area (Å²) in [4.78, 5) is 33.4. The van der Waals surface area contributed by atoms with Crippen molar-refractivity contribution in [2.45, 2.75) is 33.4 Å². The average Bonchev–Trinajstić information content (AvgIpc) is 2.67. The first-order valence-corrected chi connectivity index (χ1v) is 8.81. The summed E-state index contributed by atoms with van der Waals surface area (Å²) in [5.74, 6) is -1.40. The number of benzene rings is 2. The molecule has 144 valence electrons. The third-order valence-electron chi connectivity index (χ3n) is 4.34. The van der Waals surface area contributed by atoms with E-state index in [1.807, 2.05) is 13.8 Å². The van der Waals surface area contributed by atoms with Gasteiger partial charge in [-0.25, -0.2) is 19.2 Å². The van der Waals surface area contributed by atoms with Crippen molar-refractivity contribution in [3.05, 3.63) is 70.8 Å². The number of aromatic nitrogens is 2. The molecule has 1 N–H and O–H groups in total. The summed E-state index contributed by atoms with van der Waals surface area (Å²) < 4.78 is 18.2. The van der Waals surface area contributed by atoms with Crippen molar-refractivity contribution in [1.29, 1.82) is 0 Å². The van der Waals surface area contributed by atoms with Gasteiger partial charge in [0.05, 0.1) is 28.0 Å². The van der Waals surface area contributed by atoms with Crippen LogP contribution in [0.5, 0.6) is 0 Å². The lowest BCUT2D eigenvalue weighted by Crippen LogP contribution is -2.35. The topological polar surface area (TPSA) is 81.2 Å². The van der Waals surface area contributed by atoms with Crippen LogP contribution in [0, 0.1) is 19.7 Å². The number of hydrogen-bond acceptors (Lipinski definition) is 5. The van der Waals surface area contributed by atoms with Crippen molar-refractivity contribution in [1.82, 2.24) is 15.3 Å². The molecule has 2 aromatic carbocycles. The minimum Gasteiger partial charge on any atom is -0.449 e. The number of halogens is 1. The minimum atomic E-state index is -0.977. The molecule has 0 aliphatic carbocycles. The zero-order valence-corrected chi connectivity index (χ0v) is 15.8. The molecule has 3 aromatic rings. The van der Waals surface area contributed by atoms with Gasteiger partial charge in [-0.05, 0) is 56.7 Å². The van der Waals surface area contributed by atoms with Crippen molar-refractivity contribution in [3.8, 4) is 0 Å². The summed E-state index contributed by atoms with van der Waals surface area (Å²) in [5, 5.41) is 2.66. The number of nitrogens with one attached hydrogen (secondary N) is 1. The first kappa shape index (κ1) is 19.4. The second-order valence-corrected chi connectivity index (χ2v) is 6.49. The minimum absolute atomic E-state index is 0.213. The molecule has 1 amide bonds. The van der Waals surface area contributed by atoms with Crippen LogP contribution in [0.2, 0.25) is 0 Å². The number of esters is 1. The van der Waals surface area contributed by atoms with Gasteiger partial charge in [-0.1, -0.05) is 12.1 Å². The number of amides is 1. The maximum Gasteiger partial charge on any atom is 0.338 e. The van der Waals surface area contributed by atoms with E-state index >= 15 is 0 Å². The van der Waals surface area contributed by atoms with Gasteiger partial charge in [-0.3, -0.25) is 4.79 Å². The Labute approximate surface area is 161 Å². The van der Waals surface area contributed by atoms with Gasteiger partial charge >= 0.3 is 5.97 Å². The van der Waals surface area contributed by atoms with Crippen molar-refractivity contribution in [2.75, 3.05) is 0 Å². The van der Waals surface area contributed by atoms with E-state index in [0.29, 0.717) is 16.6 Å². The molecule has 0 saturated carbocycles. The molecule has 0 unspecified atom stereocenters. The molecule has 6 nitrogen and oxygen atoms in total. The van der Waals surface area contributed by atoms with E-state index in [9.17, 15) is 14.0 Å². The lowest BCUT2D eigenvalue weighted by atomic mass is 10.2. The second kappa shape index (κ2) is 8.12. The van der Waals surface area contributed by atoms with Gasteiger partial charge in [-0.2, -0.15) is 0 Å². The summed E-state index contributed by atoms with van der Waals surface area (Å²) >= 11 is 0. The van der Waals surface area contributed by atoms with Crippen molar-refractivity contribution in [2.24, 2.45) is 0 Å². The predicted octanol–water partition coefficient (Wildman–Crippen LogP) is 3.25. The highest BCUT2D eigenvalue weighted by Gasteiger charge is 2.19. The van der Waals surface area contributed by atoms with Crippen LogP contribution < -0.4 is 5.32 Å². The molecule has 0 spiro atoms. The van der Waals surface area contributed by atoms with E-state index in [0.717, 1.165) is 17.0 Å². The fraction of sp³-hybridized carbons (Fsp3) is 0.238.